The van der Waals surface area contributed by atoms with E-state index in [0.717, 1.165) is 0 Å². The van der Waals surface area contributed by atoms with E-state index in [0.29, 0.717) is 16.7 Å². The molecule has 0 aliphatic rings. The zero-order chi connectivity index (χ0) is 23.8. The molecule has 4 aromatic rings. The van der Waals surface area contributed by atoms with Gasteiger partial charge in [-0.15, -0.1) is 0 Å². The van der Waals surface area contributed by atoms with Crippen molar-refractivity contribution in [3.8, 4) is 5.75 Å². The number of hydrogen-bond donors (Lipinski definition) is 2. The van der Waals surface area contributed by atoms with Crippen LogP contribution in [-0.2, 0) is 20.0 Å². The fraction of sp³-hybridized carbons (Fsp3) is 0.0476. The van der Waals surface area contributed by atoms with Crippen molar-refractivity contribution in [2.45, 2.75) is 9.99 Å². The topological polar surface area (TPSA) is 115 Å². The van der Waals surface area contributed by atoms with Gasteiger partial charge in [-0.1, -0.05) is 41.4 Å². The molecule has 8 nitrogen and oxygen atoms in total. The highest BCUT2D eigenvalue weighted by molar-refractivity contribution is 7.93. The van der Waals surface area contributed by atoms with Crippen LogP contribution in [0.15, 0.2) is 81.1 Å². The average Bonchev–Trinajstić information content (AvgIpc) is 3.21. The third-order valence-corrected chi connectivity index (χ3v) is 7.68. The van der Waals surface area contributed by atoms with E-state index >= 15 is 0 Å². The second-order valence-corrected chi connectivity index (χ2v) is 10.9. The highest BCUT2D eigenvalue weighted by atomic mass is 35.5. The Balaban J connectivity index is 1.68. The van der Waals surface area contributed by atoms with Crippen molar-refractivity contribution in [3.05, 3.63) is 76.8 Å². The fourth-order valence-electron chi connectivity index (χ4n) is 2.99. The van der Waals surface area contributed by atoms with Gasteiger partial charge in [0.2, 0.25) is 5.09 Å². The molecule has 0 saturated carbocycles. The van der Waals surface area contributed by atoms with Crippen LogP contribution in [0.4, 0.5) is 11.4 Å². The molecular formula is C21H16Cl2N2O6S2. The van der Waals surface area contributed by atoms with Gasteiger partial charge in [0.15, 0.2) is 0 Å². The number of anilines is 2. The molecule has 0 bridgehead atoms. The van der Waals surface area contributed by atoms with Crippen LogP contribution in [0.2, 0.25) is 10.0 Å². The van der Waals surface area contributed by atoms with E-state index in [-0.39, 0.29) is 31.4 Å². The van der Waals surface area contributed by atoms with E-state index in [1.807, 2.05) is 0 Å². The minimum atomic E-state index is -4.20. The van der Waals surface area contributed by atoms with E-state index < -0.39 is 20.0 Å². The van der Waals surface area contributed by atoms with Gasteiger partial charge in [0.05, 0.1) is 28.4 Å². The molecule has 0 atom stereocenters. The SMILES string of the molecule is COc1ccc(S(=O)(=O)Nc2ccc(Cl)cc2NS(=O)(=O)c2cc3ccccc3o2)cc1Cl. The Labute approximate surface area is 200 Å². The zero-order valence-electron chi connectivity index (χ0n) is 16.9. The fourth-order valence-corrected chi connectivity index (χ4v) is 5.63. The molecule has 2 N–H and O–H groups in total. The summed E-state index contributed by atoms with van der Waals surface area (Å²) in [7, 11) is -6.92. The second-order valence-electron chi connectivity index (χ2n) is 6.80. The smallest absolute Gasteiger partial charge is 0.295 e. The number of rotatable bonds is 7. The summed E-state index contributed by atoms with van der Waals surface area (Å²) in [5.41, 5.74) is 0.249. The maximum Gasteiger partial charge on any atom is 0.295 e. The van der Waals surface area contributed by atoms with E-state index in [1.165, 1.54) is 49.6 Å². The molecule has 172 valence electrons. The number of ether oxygens (including phenoxy) is 1. The van der Waals surface area contributed by atoms with Crippen LogP contribution in [-0.4, -0.2) is 23.9 Å². The lowest BCUT2D eigenvalue weighted by molar-refractivity contribution is 0.414. The first-order valence-electron chi connectivity index (χ1n) is 9.26. The molecule has 1 heterocycles. The Morgan fingerprint density at radius 1 is 0.818 bits per heavy atom. The van der Waals surface area contributed by atoms with Gasteiger partial charge in [-0.2, -0.15) is 8.42 Å². The number of para-hydroxylation sites is 1. The van der Waals surface area contributed by atoms with Gasteiger partial charge < -0.3 is 9.15 Å². The Morgan fingerprint density at radius 2 is 1.55 bits per heavy atom. The molecule has 3 aromatic carbocycles. The Morgan fingerprint density at radius 3 is 2.24 bits per heavy atom. The van der Waals surface area contributed by atoms with Crippen LogP contribution < -0.4 is 14.2 Å². The van der Waals surface area contributed by atoms with Crippen molar-refractivity contribution in [2.75, 3.05) is 16.6 Å². The molecule has 0 aliphatic carbocycles. The van der Waals surface area contributed by atoms with Crippen LogP contribution >= 0.6 is 23.2 Å². The van der Waals surface area contributed by atoms with Crippen LogP contribution in [0.25, 0.3) is 11.0 Å². The Hall–Kier alpha value is -2.92. The number of methoxy groups -OCH3 is 1. The van der Waals surface area contributed by atoms with E-state index in [2.05, 4.69) is 9.44 Å². The maximum atomic E-state index is 12.9. The lowest BCUT2D eigenvalue weighted by atomic mass is 10.3. The van der Waals surface area contributed by atoms with Crippen LogP contribution in [0.1, 0.15) is 0 Å². The number of hydrogen-bond acceptors (Lipinski definition) is 6. The first kappa shape index (κ1) is 23.2. The van der Waals surface area contributed by atoms with Crippen LogP contribution in [0.3, 0.4) is 0 Å². The van der Waals surface area contributed by atoms with Crippen molar-refractivity contribution in [1.29, 1.82) is 0 Å². The second kappa shape index (κ2) is 8.79. The van der Waals surface area contributed by atoms with Crippen molar-refractivity contribution >= 4 is 65.6 Å². The molecular weight excluding hydrogens is 511 g/mol. The van der Waals surface area contributed by atoms with Gasteiger partial charge in [-0.25, -0.2) is 8.42 Å². The number of nitrogens with one attached hydrogen (secondary N) is 2. The van der Waals surface area contributed by atoms with Gasteiger partial charge in [-0.3, -0.25) is 9.44 Å². The molecule has 12 heteroatoms. The van der Waals surface area contributed by atoms with Crippen molar-refractivity contribution < 1.29 is 26.0 Å². The summed E-state index contributed by atoms with van der Waals surface area (Å²) >= 11 is 12.1. The van der Waals surface area contributed by atoms with Gasteiger partial charge in [0.25, 0.3) is 20.0 Å². The first-order chi connectivity index (χ1) is 15.6. The normalized spacial score (nSPS) is 12.0. The molecule has 4 rings (SSSR count). The summed E-state index contributed by atoms with van der Waals surface area (Å²) in [6.07, 6.45) is 0. The zero-order valence-corrected chi connectivity index (χ0v) is 20.0. The maximum absolute atomic E-state index is 12.9. The lowest BCUT2D eigenvalue weighted by Crippen LogP contribution is -2.17. The highest BCUT2D eigenvalue weighted by Gasteiger charge is 2.23. The minimum absolute atomic E-state index is 0.0500. The molecule has 0 aliphatic heterocycles. The summed E-state index contributed by atoms with van der Waals surface area (Å²) in [5.74, 6) is 0.307. The third-order valence-electron chi connectivity index (χ3n) is 4.57. The number of benzene rings is 3. The summed E-state index contributed by atoms with van der Waals surface area (Å²) in [6.45, 7) is 0. The molecule has 0 saturated heterocycles. The van der Waals surface area contributed by atoms with E-state index in [9.17, 15) is 16.8 Å². The lowest BCUT2D eigenvalue weighted by Gasteiger charge is -2.15. The molecule has 1 aromatic heterocycles. The summed E-state index contributed by atoms with van der Waals surface area (Å²) in [6, 6.07) is 16.1. The number of furan rings is 1. The Kier molecular flexibility index (Phi) is 6.19. The summed E-state index contributed by atoms with van der Waals surface area (Å²) in [4.78, 5) is -0.144. The standard InChI is InChI=1S/C21H16Cl2N2O6S2/c1-30-20-9-7-15(12-16(20)23)32(26,27)24-17-8-6-14(22)11-18(17)25-33(28,29)21-10-13-4-2-3-5-19(13)31-21/h2-12,24-25H,1H3. The van der Waals surface area contributed by atoms with Crippen molar-refractivity contribution in [2.24, 2.45) is 0 Å². The molecule has 0 unspecified atom stereocenters. The van der Waals surface area contributed by atoms with E-state index in [1.54, 1.807) is 24.3 Å². The molecule has 0 spiro atoms. The van der Waals surface area contributed by atoms with Gasteiger partial charge in [0.1, 0.15) is 11.3 Å². The van der Waals surface area contributed by atoms with Crippen LogP contribution in [0, 0.1) is 0 Å². The average molecular weight is 527 g/mol. The monoisotopic (exact) mass is 526 g/mol. The van der Waals surface area contributed by atoms with Gasteiger partial charge in [-0.05, 0) is 42.5 Å². The molecule has 0 radical (unpaired) electrons. The van der Waals surface area contributed by atoms with Gasteiger partial charge >= 0.3 is 0 Å². The largest absolute Gasteiger partial charge is 0.495 e. The number of sulfonamides is 2. The molecule has 0 amide bonds. The summed E-state index contributed by atoms with van der Waals surface area (Å²) < 4.78 is 66.8. The predicted octanol–water partition coefficient (Wildman–Crippen LogP) is 5.35. The predicted molar refractivity (Wildman–Crippen MR) is 127 cm³/mol. The third kappa shape index (κ3) is 4.88. The van der Waals surface area contributed by atoms with Crippen molar-refractivity contribution in [3.63, 3.8) is 0 Å². The summed E-state index contributed by atoms with van der Waals surface area (Å²) in [5, 5.41) is 0.552. The van der Waals surface area contributed by atoms with E-state index in [4.69, 9.17) is 32.4 Å². The minimum Gasteiger partial charge on any atom is -0.495 e. The molecule has 33 heavy (non-hydrogen) atoms. The van der Waals surface area contributed by atoms with Gasteiger partial charge in [0, 0.05) is 16.5 Å². The molecule has 0 fully saturated rings. The Bertz CT molecular complexity index is 1530. The van der Waals surface area contributed by atoms with Crippen LogP contribution in [0.5, 0.6) is 5.75 Å². The quantitative estimate of drug-likeness (QED) is 0.335. The highest BCUT2D eigenvalue weighted by Crippen LogP contribution is 2.33. The number of fused-ring (bicyclic) bond motifs is 1. The van der Waals surface area contributed by atoms with Crippen molar-refractivity contribution in [1.82, 2.24) is 0 Å². The first-order valence-corrected chi connectivity index (χ1v) is 13.0. The number of halogens is 2.